The molecule has 3 nitrogen and oxygen atoms in total. The van der Waals surface area contributed by atoms with E-state index in [0.29, 0.717) is 0 Å². The second kappa shape index (κ2) is 5.11. The minimum Gasteiger partial charge on any atom is -0.460 e. The van der Waals surface area contributed by atoms with Crippen LogP contribution in [0.3, 0.4) is 0 Å². The molecule has 0 unspecified atom stereocenters. The number of ether oxygens (including phenoxy) is 1. The number of hydrogen-bond acceptors (Lipinski definition) is 3. The Morgan fingerprint density at radius 2 is 1.89 bits per heavy atom. The molecule has 2 rings (SSSR count). The average molecular weight is 247 g/mol. The molecule has 18 heavy (non-hydrogen) atoms. The fraction of sp³-hybridized carbons (Fsp3) is 0.533. The number of hydrogen-bond donors (Lipinski definition) is 0. The smallest absolute Gasteiger partial charge is 0.312 e. The van der Waals surface area contributed by atoms with Crippen LogP contribution in [0.1, 0.15) is 26.3 Å². The van der Waals surface area contributed by atoms with Crippen LogP contribution in [0.15, 0.2) is 30.3 Å². The molecule has 0 radical (unpaired) electrons. The first-order valence-electron chi connectivity index (χ1n) is 6.43. The van der Waals surface area contributed by atoms with Gasteiger partial charge in [-0.2, -0.15) is 0 Å². The summed E-state index contributed by atoms with van der Waals surface area (Å²) < 4.78 is 5.37. The molecule has 1 heterocycles. The molecule has 0 amide bonds. The van der Waals surface area contributed by atoms with Gasteiger partial charge in [-0.1, -0.05) is 30.3 Å². The van der Waals surface area contributed by atoms with Crippen molar-refractivity contribution in [2.75, 3.05) is 13.1 Å². The summed E-state index contributed by atoms with van der Waals surface area (Å²) in [6, 6.07) is 10.3. The first-order valence-corrected chi connectivity index (χ1v) is 6.43. The highest BCUT2D eigenvalue weighted by atomic mass is 16.6. The Labute approximate surface area is 109 Å². The van der Waals surface area contributed by atoms with Gasteiger partial charge in [0.1, 0.15) is 5.60 Å². The van der Waals surface area contributed by atoms with Gasteiger partial charge in [0.05, 0.1) is 5.92 Å². The Bertz CT molecular complexity index is 402. The Morgan fingerprint density at radius 3 is 2.44 bits per heavy atom. The summed E-state index contributed by atoms with van der Waals surface area (Å²) in [4.78, 5) is 14.1. The topological polar surface area (TPSA) is 29.5 Å². The fourth-order valence-electron chi connectivity index (χ4n) is 2.07. The van der Waals surface area contributed by atoms with Crippen molar-refractivity contribution in [2.24, 2.45) is 5.92 Å². The first kappa shape index (κ1) is 13.1. The van der Waals surface area contributed by atoms with E-state index in [0.717, 1.165) is 19.6 Å². The van der Waals surface area contributed by atoms with Gasteiger partial charge in [0.15, 0.2) is 0 Å². The lowest BCUT2D eigenvalue weighted by Crippen LogP contribution is -2.51. The van der Waals surface area contributed by atoms with Crippen molar-refractivity contribution in [1.82, 2.24) is 4.90 Å². The zero-order chi connectivity index (χ0) is 13.2. The summed E-state index contributed by atoms with van der Waals surface area (Å²) in [7, 11) is 0. The minimum atomic E-state index is -0.378. The summed E-state index contributed by atoms with van der Waals surface area (Å²) in [5.74, 6) is -0.0141. The van der Waals surface area contributed by atoms with Crippen molar-refractivity contribution in [3.63, 3.8) is 0 Å². The van der Waals surface area contributed by atoms with Gasteiger partial charge in [-0.05, 0) is 26.3 Å². The Hall–Kier alpha value is -1.35. The maximum Gasteiger partial charge on any atom is 0.312 e. The molecule has 1 aromatic carbocycles. The van der Waals surface area contributed by atoms with Crippen LogP contribution < -0.4 is 0 Å². The summed E-state index contributed by atoms with van der Waals surface area (Å²) in [5.41, 5.74) is 0.914. The molecule has 1 aliphatic heterocycles. The van der Waals surface area contributed by atoms with Crippen LogP contribution in [-0.2, 0) is 16.1 Å². The van der Waals surface area contributed by atoms with Crippen LogP contribution in [0, 0.1) is 5.92 Å². The number of carbonyl (C=O) groups excluding carboxylic acids is 1. The maximum absolute atomic E-state index is 11.8. The van der Waals surface area contributed by atoms with Crippen LogP contribution in [0.4, 0.5) is 0 Å². The van der Waals surface area contributed by atoms with E-state index in [-0.39, 0.29) is 17.5 Å². The van der Waals surface area contributed by atoms with Crippen molar-refractivity contribution >= 4 is 5.97 Å². The summed E-state index contributed by atoms with van der Waals surface area (Å²) in [6.07, 6.45) is 0. The standard InChI is InChI=1S/C15H21NO2/c1-15(2,3)18-14(17)13-10-16(11-13)9-12-7-5-4-6-8-12/h4-8,13H,9-11H2,1-3H3. The van der Waals surface area contributed by atoms with E-state index >= 15 is 0 Å². The first-order chi connectivity index (χ1) is 8.44. The van der Waals surface area contributed by atoms with Gasteiger partial charge in [0.2, 0.25) is 0 Å². The average Bonchev–Trinajstić information content (AvgIpc) is 2.21. The van der Waals surface area contributed by atoms with Crippen LogP contribution in [0.25, 0.3) is 0 Å². The van der Waals surface area contributed by atoms with E-state index in [1.54, 1.807) is 0 Å². The SMILES string of the molecule is CC(C)(C)OC(=O)C1CN(Cc2ccccc2)C1. The molecule has 0 saturated carbocycles. The molecule has 0 aliphatic carbocycles. The molecule has 1 aromatic rings. The van der Waals surface area contributed by atoms with E-state index in [1.165, 1.54) is 5.56 Å². The van der Waals surface area contributed by atoms with Gasteiger partial charge in [-0.15, -0.1) is 0 Å². The van der Waals surface area contributed by atoms with Crippen LogP contribution >= 0.6 is 0 Å². The van der Waals surface area contributed by atoms with E-state index in [2.05, 4.69) is 17.0 Å². The highest BCUT2D eigenvalue weighted by molar-refractivity contribution is 5.74. The number of likely N-dealkylation sites (tertiary alicyclic amines) is 1. The molecule has 0 aromatic heterocycles. The normalized spacial score (nSPS) is 17.3. The van der Waals surface area contributed by atoms with Crippen LogP contribution in [0.2, 0.25) is 0 Å². The van der Waals surface area contributed by atoms with Crippen molar-refractivity contribution in [2.45, 2.75) is 32.9 Å². The third-order valence-corrected chi connectivity index (χ3v) is 2.95. The highest BCUT2D eigenvalue weighted by Gasteiger charge is 2.35. The predicted octanol–water partition coefficient (Wildman–Crippen LogP) is 2.46. The van der Waals surface area contributed by atoms with Gasteiger partial charge >= 0.3 is 5.97 Å². The zero-order valence-electron chi connectivity index (χ0n) is 11.3. The number of carbonyl (C=O) groups is 1. The van der Waals surface area contributed by atoms with E-state index in [4.69, 9.17) is 4.74 Å². The van der Waals surface area contributed by atoms with Crippen molar-refractivity contribution in [3.8, 4) is 0 Å². The molecule has 0 spiro atoms. The van der Waals surface area contributed by atoms with Gasteiger partial charge in [0, 0.05) is 19.6 Å². The van der Waals surface area contributed by atoms with Crippen LogP contribution in [0.5, 0.6) is 0 Å². The lowest BCUT2D eigenvalue weighted by Gasteiger charge is -2.38. The monoisotopic (exact) mass is 247 g/mol. The number of nitrogens with zero attached hydrogens (tertiary/aromatic N) is 1. The second-order valence-corrected chi connectivity index (χ2v) is 5.91. The minimum absolute atomic E-state index is 0.0490. The van der Waals surface area contributed by atoms with E-state index < -0.39 is 0 Å². The fourth-order valence-corrected chi connectivity index (χ4v) is 2.07. The Morgan fingerprint density at radius 1 is 1.28 bits per heavy atom. The lowest BCUT2D eigenvalue weighted by atomic mass is 9.99. The predicted molar refractivity (Wildman–Crippen MR) is 71.1 cm³/mol. The maximum atomic E-state index is 11.8. The third kappa shape index (κ3) is 3.57. The molecule has 1 saturated heterocycles. The zero-order valence-corrected chi connectivity index (χ0v) is 11.3. The molecular formula is C15H21NO2. The Kier molecular flexibility index (Phi) is 3.71. The highest BCUT2D eigenvalue weighted by Crippen LogP contribution is 2.22. The quantitative estimate of drug-likeness (QED) is 0.768. The van der Waals surface area contributed by atoms with Crippen molar-refractivity contribution in [3.05, 3.63) is 35.9 Å². The number of rotatable bonds is 3. The van der Waals surface area contributed by atoms with Gasteiger partial charge in [-0.3, -0.25) is 9.69 Å². The lowest BCUT2D eigenvalue weighted by molar-refractivity contribution is -0.166. The molecule has 98 valence electrons. The van der Waals surface area contributed by atoms with Gasteiger partial charge in [0.25, 0.3) is 0 Å². The molecule has 3 heteroatoms. The summed E-state index contributed by atoms with van der Waals surface area (Å²) >= 11 is 0. The van der Waals surface area contributed by atoms with E-state index in [1.807, 2.05) is 39.0 Å². The van der Waals surface area contributed by atoms with Gasteiger partial charge < -0.3 is 4.74 Å². The largest absolute Gasteiger partial charge is 0.460 e. The van der Waals surface area contributed by atoms with Crippen LogP contribution in [-0.4, -0.2) is 29.6 Å². The molecule has 0 atom stereocenters. The second-order valence-electron chi connectivity index (χ2n) is 5.91. The Balaban J connectivity index is 1.76. The molecule has 0 N–H and O–H groups in total. The molecule has 1 aliphatic rings. The van der Waals surface area contributed by atoms with Gasteiger partial charge in [-0.25, -0.2) is 0 Å². The molecular weight excluding hydrogens is 226 g/mol. The van der Waals surface area contributed by atoms with Crippen molar-refractivity contribution < 1.29 is 9.53 Å². The third-order valence-electron chi connectivity index (χ3n) is 2.95. The molecule has 0 bridgehead atoms. The summed E-state index contributed by atoms with van der Waals surface area (Å²) in [5, 5.41) is 0. The summed E-state index contributed by atoms with van der Waals surface area (Å²) in [6.45, 7) is 8.26. The number of benzene rings is 1. The number of esters is 1. The molecule has 1 fully saturated rings. The van der Waals surface area contributed by atoms with Crippen molar-refractivity contribution in [1.29, 1.82) is 0 Å². The van der Waals surface area contributed by atoms with E-state index in [9.17, 15) is 4.79 Å².